The van der Waals surface area contributed by atoms with Crippen molar-refractivity contribution >= 4 is 22.9 Å². The molecule has 0 saturated heterocycles. The smallest absolute Gasteiger partial charge is 0.268 e. The zero-order chi connectivity index (χ0) is 18.8. The van der Waals surface area contributed by atoms with Gasteiger partial charge in [-0.2, -0.15) is 5.26 Å². The van der Waals surface area contributed by atoms with Crippen molar-refractivity contribution in [2.45, 2.75) is 20.0 Å². The van der Waals surface area contributed by atoms with E-state index in [0.29, 0.717) is 18.0 Å². The van der Waals surface area contributed by atoms with E-state index in [9.17, 15) is 4.79 Å². The molecule has 27 heavy (non-hydrogen) atoms. The van der Waals surface area contributed by atoms with Crippen molar-refractivity contribution in [2.24, 2.45) is 0 Å². The third-order valence-electron chi connectivity index (χ3n) is 4.62. The molecule has 1 amide bonds. The van der Waals surface area contributed by atoms with Gasteiger partial charge >= 0.3 is 0 Å². The molecule has 2 heterocycles. The molecule has 5 heteroatoms. The summed E-state index contributed by atoms with van der Waals surface area (Å²) in [5.74, 6) is 0.790. The highest BCUT2D eigenvalue weighted by Gasteiger charge is 2.26. The Morgan fingerprint density at radius 3 is 2.81 bits per heavy atom. The van der Waals surface area contributed by atoms with Crippen molar-refractivity contribution in [2.75, 3.05) is 11.4 Å². The second-order valence-corrected chi connectivity index (χ2v) is 7.45. The molecule has 0 N–H and O–H groups in total. The SMILES string of the molecule is Cc1cccc2c1-c1sc(C(=O)N(CCC#N)c3ccccc3)cc1CO2. The molecule has 0 radical (unpaired) electrons. The van der Waals surface area contributed by atoms with Gasteiger partial charge in [0.2, 0.25) is 0 Å². The summed E-state index contributed by atoms with van der Waals surface area (Å²) >= 11 is 1.50. The predicted octanol–water partition coefficient (Wildman–Crippen LogP) is 5.18. The summed E-state index contributed by atoms with van der Waals surface area (Å²) in [5.41, 5.74) is 4.06. The van der Waals surface area contributed by atoms with Crippen LogP contribution in [-0.4, -0.2) is 12.5 Å². The first-order chi connectivity index (χ1) is 13.2. The number of nitrogens with zero attached hydrogens (tertiary/aromatic N) is 2. The summed E-state index contributed by atoms with van der Waals surface area (Å²) in [7, 11) is 0. The van der Waals surface area contributed by atoms with Crippen LogP contribution in [0.2, 0.25) is 0 Å². The lowest BCUT2D eigenvalue weighted by Crippen LogP contribution is -2.31. The standard InChI is InChI=1S/C22H18N2O2S/c1-15-7-5-10-18-20(15)21-16(14-26-18)13-19(27-21)22(25)24(12-6-11-23)17-8-3-2-4-9-17/h2-5,7-10,13H,6,12,14H2,1H3. The zero-order valence-electron chi connectivity index (χ0n) is 14.9. The van der Waals surface area contributed by atoms with Crippen LogP contribution >= 0.6 is 11.3 Å². The fourth-order valence-corrected chi connectivity index (χ4v) is 4.54. The van der Waals surface area contributed by atoms with E-state index in [1.165, 1.54) is 11.3 Å². The Labute approximate surface area is 162 Å². The Morgan fingerprint density at radius 1 is 1.22 bits per heavy atom. The number of thiophene rings is 1. The average Bonchev–Trinajstić information content (AvgIpc) is 3.13. The van der Waals surface area contributed by atoms with Crippen molar-refractivity contribution in [1.29, 1.82) is 5.26 Å². The quantitative estimate of drug-likeness (QED) is 0.632. The predicted molar refractivity (Wildman–Crippen MR) is 107 cm³/mol. The third-order valence-corrected chi connectivity index (χ3v) is 5.81. The van der Waals surface area contributed by atoms with E-state index in [0.717, 1.165) is 33.0 Å². The highest BCUT2D eigenvalue weighted by molar-refractivity contribution is 7.17. The van der Waals surface area contributed by atoms with Crippen molar-refractivity contribution < 1.29 is 9.53 Å². The third kappa shape index (κ3) is 3.20. The molecule has 0 fully saturated rings. The van der Waals surface area contributed by atoms with Crippen molar-refractivity contribution in [3.8, 4) is 22.3 Å². The van der Waals surface area contributed by atoms with Crippen molar-refractivity contribution in [3.05, 3.63) is 70.6 Å². The van der Waals surface area contributed by atoms with E-state index >= 15 is 0 Å². The summed E-state index contributed by atoms with van der Waals surface area (Å²) in [6, 6.07) is 19.6. The highest BCUT2D eigenvalue weighted by atomic mass is 32.1. The van der Waals surface area contributed by atoms with Gasteiger partial charge in [0, 0.05) is 28.2 Å². The Bertz CT molecular complexity index is 1030. The molecule has 0 spiro atoms. The Morgan fingerprint density at radius 2 is 2.04 bits per heavy atom. The molecule has 0 unspecified atom stereocenters. The van der Waals surface area contributed by atoms with E-state index in [4.69, 9.17) is 10.00 Å². The van der Waals surface area contributed by atoms with Crippen molar-refractivity contribution in [1.82, 2.24) is 0 Å². The van der Waals surface area contributed by atoms with Gasteiger partial charge in [0.05, 0.1) is 17.4 Å². The molecule has 2 aromatic carbocycles. The van der Waals surface area contributed by atoms with E-state index in [1.807, 2.05) is 48.5 Å². The van der Waals surface area contributed by atoms with Crippen LogP contribution in [0.25, 0.3) is 10.4 Å². The molecule has 134 valence electrons. The van der Waals surface area contributed by atoms with Crippen molar-refractivity contribution in [3.63, 3.8) is 0 Å². The Kier molecular flexibility index (Phi) is 4.66. The number of hydrogen-bond donors (Lipinski definition) is 0. The average molecular weight is 374 g/mol. The first-order valence-corrected chi connectivity index (χ1v) is 9.60. The molecule has 4 rings (SSSR count). The fourth-order valence-electron chi connectivity index (χ4n) is 3.31. The number of anilines is 1. The first kappa shape index (κ1) is 17.3. The van der Waals surface area contributed by atoms with Gasteiger partial charge in [0.15, 0.2) is 0 Å². The molecule has 4 nitrogen and oxygen atoms in total. The van der Waals surface area contributed by atoms with Crippen LogP contribution in [0.1, 0.15) is 27.2 Å². The Hall–Kier alpha value is -3.10. The molecule has 1 aromatic heterocycles. The molecule has 3 aromatic rings. The summed E-state index contributed by atoms with van der Waals surface area (Å²) in [5, 5.41) is 8.98. The summed E-state index contributed by atoms with van der Waals surface area (Å²) in [4.78, 5) is 16.7. The van der Waals surface area contributed by atoms with E-state index in [1.54, 1.807) is 4.90 Å². The minimum Gasteiger partial charge on any atom is -0.488 e. The molecular formula is C22H18N2O2S. The number of carbonyl (C=O) groups excluding carboxylic acids is 1. The molecule has 0 aliphatic carbocycles. The number of para-hydroxylation sites is 1. The van der Waals surface area contributed by atoms with Gasteiger partial charge < -0.3 is 9.64 Å². The van der Waals surface area contributed by atoms with Crippen LogP contribution in [0.4, 0.5) is 5.69 Å². The number of benzene rings is 2. The summed E-state index contributed by atoms with van der Waals surface area (Å²) < 4.78 is 5.87. The maximum Gasteiger partial charge on any atom is 0.268 e. The lowest BCUT2D eigenvalue weighted by Gasteiger charge is -2.21. The van der Waals surface area contributed by atoms with E-state index in [2.05, 4.69) is 19.1 Å². The van der Waals surface area contributed by atoms with Gasteiger partial charge in [0.25, 0.3) is 5.91 Å². The minimum absolute atomic E-state index is 0.0778. The van der Waals surface area contributed by atoms with Crippen LogP contribution in [0.3, 0.4) is 0 Å². The van der Waals surface area contributed by atoms with Crippen LogP contribution in [0, 0.1) is 18.3 Å². The number of rotatable bonds is 4. The summed E-state index contributed by atoms with van der Waals surface area (Å²) in [6.07, 6.45) is 0.288. The first-order valence-electron chi connectivity index (χ1n) is 8.78. The number of ether oxygens (including phenoxy) is 1. The lowest BCUT2D eigenvalue weighted by molar-refractivity contribution is 0.0991. The largest absolute Gasteiger partial charge is 0.488 e. The fraction of sp³-hybridized carbons (Fsp3) is 0.182. The van der Waals surface area contributed by atoms with Gasteiger partial charge in [0.1, 0.15) is 12.4 Å². The van der Waals surface area contributed by atoms with Crippen LogP contribution in [0.5, 0.6) is 5.75 Å². The maximum atomic E-state index is 13.3. The highest BCUT2D eigenvalue weighted by Crippen LogP contribution is 2.44. The van der Waals surface area contributed by atoms with Gasteiger partial charge in [-0.05, 0) is 36.8 Å². The number of aryl methyl sites for hydroxylation is 1. The topological polar surface area (TPSA) is 53.3 Å². The number of fused-ring (bicyclic) bond motifs is 3. The van der Waals surface area contributed by atoms with Crippen LogP contribution in [-0.2, 0) is 6.61 Å². The van der Waals surface area contributed by atoms with Crippen LogP contribution < -0.4 is 9.64 Å². The maximum absolute atomic E-state index is 13.3. The number of carbonyl (C=O) groups is 1. The molecule has 1 aliphatic heterocycles. The molecular weight excluding hydrogens is 356 g/mol. The normalized spacial score (nSPS) is 11.7. The second-order valence-electron chi connectivity index (χ2n) is 6.40. The van der Waals surface area contributed by atoms with E-state index < -0.39 is 0 Å². The summed E-state index contributed by atoms with van der Waals surface area (Å²) in [6.45, 7) is 2.90. The zero-order valence-corrected chi connectivity index (χ0v) is 15.8. The number of nitriles is 1. The van der Waals surface area contributed by atoms with Gasteiger partial charge in [-0.25, -0.2) is 0 Å². The lowest BCUT2D eigenvalue weighted by atomic mass is 10.0. The second kappa shape index (κ2) is 7.26. The molecule has 1 aliphatic rings. The number of hydrogen-bond acceptors (Lipinski definition) is 4. The van der Waals surface area contributed by atoms with Gasteiger partial charge in [-0.15, -0.1) is 11.3 Å². The van der Waals surface area contributed by atoms with Gasteiger partial charge in [-0.3, -0.25) is 4.79 Å². The monoisotopic (exact) mass is 374 g/mol. The van der Waals surface area contributed by atoms with Crippen LogP contribution in [0.15, 0.2) is 54.6 Å². The number of amides is 1. The molecule has 0 saturated carbocycles. The van der Waals surface area contributed by atoms with Gasteiger partial charge in [-0.1, -0.05) is 30.3 Å². The minimum atomic E-state index is -0.0778. The van der Waals surface area contributed by atoms with E-state index in [-0.39, 0.29) is 12.3 Å². The molecule has 0 bridgehead atoms. The molecule has 0 atom stereocenters. The Balaban J connectivity index is 1.73.